The molecule has 0 bridgehead atoms. The fraction of sp³-hybridized carbons (Fsp3) is 0.667. The summed E-state index contributed by atoms with van der Waals surface area (Å²) in [5.74, 6) is 2.45. The van der Waals surface area contributed by atoms with Crippen LogP contribution in [0.4, 0.5) is 11.6 Å². The van der Waals surface area contributed by atoms with Crippen LogP contribution in [0.3, 0.4) is 0 Å². The van der Waals surface area contributed by atoms with Crippen molar-refractivity contribution in [1.29, 1.82) is 0 Å². The van der Waals surface area contributed by atoms with Gasteiger partial charge in [0, 0.05) is 25.6 Å². The number of aryl methyl sites for hydroxylation is 1. The molecule has 0 unspecified atom stereocenters. The van der Waals surface area contributed by atoms with Crippen LogP contribution in [0.2, 0.25) is 0 Å². The number of nitrogens with one attached hydrogen (secondary N) is 2. The summed E-state index contributed by atoms with van der Waals surface area (Å²) in [5, 5.41) is 14.9. The third-order valence-electron chi connectivity index (χ3n) is 2.23. The first-order valence-corrected chi connectivity index (χ1v) is 6.34. The Morgan fingerprint density at radius 1 is 1.17 bits per heavy atom. The van der Waals surface area contributed by atoms with E-state index in [1.54, 1.807) is 0 Å². The van der Waals surface area contributed by atoms with Gasteiger partial charge in [-0.05, 0) is 6.92 Å². The van der Waals surface area contributed by atoms with Crippen molar-refractivity contribution in [2.45, 2.75) is 20.3 Å². The van der Waals surface area contributed by atoms with E-state index in [0.717, 1.165) is 30.4 Å². The van der Waals surface area contributed by atoms with Crippen molar-refractivity contribution >= 4 is 11.6 Å². The van der Waals surface area contributed by atoms with E-state index in [4.69, 9.17) is 9.84 Å². The molecule has 0 saturated carbocycles. The molecule has 1 heterocycles. The summed E-state index contributed by atoms with van der Waals surface area (Å²) in [7, 11) is 0. The number of nitrogens with zero attached hydrogens (tertiary/aromatic N) is 2. The van der Waals surface area contributed by atoms with Crippen LogP contribution in [0.15, 0.2) is 6.07 Å². The average molecular weight is 254 g/mol. The Hall–Kier alpha value is -1.40. The minimum atomic E-state index is 0.0536. The first kappa shape index (κ1) is 14.7. The molecule has 3 N–H and O–H groups in total. The van der Waals surface area contributed by atoms with Gasteiger partial charge in [0.1, 0.15) is 17.5 Å². The molecule has 0 fully saturated rings. The molecule has 6 nitrogen and oxygen atoms in total. The van der Waals surface area contributed by atoms with Crippen molar-refractivity contribution < 1.29 is 9.84 Å². The average Bonchev–Trinajstić information content (AvgIpc) is 2.38. The van der Waals surface area contributed by atoms with Crippen LogP contribution in [0.5, 0.6) is 0 Å². The largest absolute Gasteiger partial charge is 0.394 e. The highest BCUT2D eigenvalue weighted by Gasteiger charge is 2.02. The van der Waals surface area contributed by atoms with Gasteiger partial charge in [-0.2, -0.15) is 0 Å². The van der Waals surface area contributed by atoms with Crippen LogP contribution in [0.1, 0.15) is 19.7 Å². The lowest BCUT2D eigenvalue weighted by molar-refractivity contribution is 0.0992. The third kappa shape index (κ3) is 5.29. The van der Waals surface area contributed by atoms with Crippen molar-refractivity contribution in [3.63, 3.8) is 0 Å². The molecule has 0 atom stereocenters. The van der Waals surface area contributed by atoms with Crippen LogP contribution < -0.4 is 10.6 Å². The zero-order valence-electron chi connectivity index (χ0n) is 11.1. The molecular weight excluding hydrogens is 232 g/mol. The van der Waals surface area contributed by atoms with Crippen LogP contribution in [0, 0.1) is 0 Å². The van der Waals surface area contributed by atoms with Crippen molar-refractivity contribution in [3.8, 4) is 0 Å². The summed E-state index contributed by atoms with van der Waals surface area (Å²) in [6.45, 7) is 6.52. The molecule has 0 radical (unpaired) electrons. The van der Waals surface area contributed by atoms with Crippen molar-refractivity contribution in [2.75, 3.05) is 43.5 Å². The van der Waals surface area contributed by atoms with Gasteiger partial charge in [0.15, 0.2) is 0 Å². The molecule has 0 aliphatic rings. The van der Waals surface area contributed by atoms with Gasteiger partial charge in [-0.25, -0.2) is 9.97 Å². The molecule has 6 heteroatoms. The first-order valence-electron chi connectivity index (χ1n) is 6.34. The maximum Gasteiger partial charge on any atom is 0.132 e. The summed E-state index contributed by atoms with van der Waals surface area (Å²) >= 11 is 0. The smallest absolute Gasteiger partial charge is 0.132 e. The minimum absolute atomic E-state index is 0.0536. The van der Waals surface area contributed by atoms with Gasteiger partial charge in [0.05, 0.1) is 19.8 Å². The normalized spacial score (nSPS) is 10.4. The van der Waals surface area contributed by atoms with Gasteiger partial charge in [0.2, 0.25) is 0 Å². The van der Waals surface area contributed by atoms with Gasteiger partial charge in [-0.15, -0.1) is 0 Å². The van der Waals surface area contributed by atoms with Gasteiger partial charge < -0.3 is 20.5 Å². The highest BCUT2D eigenvalue weighted by atomic mass is 16.5. The lowest BCUT2D eigenvalue weighted by atomic mass is 10.4. The molecule has 102 valence electrons. The summed E-state index contributed by atoms with van der Waals surface area (Å²) in [6, 6.07) is 1.88. The first-order chi connectivity index (χ1) is 8.80. The number of anilines is 2. The highest BCUT2D eigenvalue weighted by molar-refractivity contribution is 5.47. The van der Waals surface area contributed by atoms with Gasteiger partial charge in [-0.3, -0.25) is 0 Å². The Bertz CT molecular complexity index is 347. The number of aliphatic hydroxyl groups excluding tert-OH is 1. The SMILES string of the molecule is CCNc1cc(NCCOCCO)nc(CC)n1. The second-order valence-electron chi connectivity index (χ2n) is 3.70. The lowest BCUT2D eigenvalue weighted by Gasteiger charge is -2.10. The number of hydrogen-bond acceptors (Lipinski definition) is 6. The van der Waals surface area contributed by atoms with E-state index in [9.17, 15) is 0 Å². The van der Waals surface area contributed by atoms with Crippen LogP contribution >= 0.6 is 0 Å². The molecule has 1 rings (SSSR count). The maximum atomic E-state index is 8.57. The van der Waals surface area contributed by atoms with E-state index in [2.05, 4.69) is 20.6 Å². The molecule has 1 aromatic rings. The fourth-order valence-electron chi connectivity index (χ4n) is 1.44. The van der Waals surface area contributed by atoms with Crippen LogP contribution in [-0.2, 0) is 11.2 Å². The topological polar surface area (TPSA) is 79.3 Å². The Kier molecular flexibility index (Phi) is 7.05. The molecule has 18 heavy (non-hydrogen) atoms. The Balaban J connectivity index is 2.50. The zero-order chi connectivity index (χ0) is 13.2. The van der Waals surface area contributed by atoms with E-state index < -0.39 is 0 Å². The Labute approximate surface area is 108 Å². The number of hydrogen-bond donors (Lipinski definition) is 3. The molecule has 1 aromatic heterocycles. The minimum Gasteiger partial charge on any atom is -0.394 e. The summed E-state index contributed by atoms with van der Waals surface area (Å²) in [4.78, 5) is 8.76. The Morgan fingerprint density at radius 3 is 2.50 bits per heavy atom. The van der Waals surface area contributed by atoms with Gasteiger partial charge >= 0.3 is 0 Å². The molecular formula is C12H22N4O2. The molecule has 0 aromatic carbocycles. The third-order valence-corrected chi connectivity index (χ3v) is 2.23. The predicted molar refractivity (Wildman–Crippen MR) is 72.0 cm³/mol. The van der Waals surface area contributed by atoms with E-state index in [-0.39, 0.29) is 6.61 Å². The van der Waals surface area contributed by atoms with Crippen LogP contribution in [-0.4, -0.2) is 48.0 Å². The van der Waals surface area contributed by atoms with Crippen molar-refractivity contribution in [1.82, 2.24) is 9.97 Å². The summed E-state index contributed by atoms with van der Waals surface area (Å²) in [6.07, 6.45) is 0.801. The fourth-order valence-corrected chi connectivity index (χ4v) is 1.44. The molecule has 0 spiro atoms. The quantitative estimate of drug-likeness (QED) is 0.568. The molecule has 0 saturated heterocycles. The monoisotopic (exact) mass is 254 g/mol. The maximum absolute atomic E-state index is 8.57. The van der Waals surface area contributed by atoms with Crippen molar-refractivity contribution in [2.24, 2.45) is 0 Å². The van der Waals surface area contributed by atoms with Crippen LogP contribution in [0.25, 0.3) is 0 Å². The summed E-state index contributed by atoms with van der Waals surface area (Å²) in [5.41, 5.74) is 0. The predicted octanol–water partition coefficient (Wildman–Crippen LogP) is 0.892. The Morgan fingerprint density at radius 2 is 1.89 bits per heavy atom. The molecule has 0 aliphatic heterocycles. The standard InChI is InChI=1S/C12H22N4O2/c1-3-10-15-11(13-4-2)9-12(16-10)14-5-7-18-8-6-17/h9,17H,3-8H2,1-2H3,(H2,13,14,15,16). The van der Waals surface area contributed by atoms with E-state index in [0.29, 0.717) is 19.8 Å². The molecule has 0 aliphatic carbocycles. The number of rotatable bonds is 9. The highest BCUT2D eigenvalue weighted by Crippen LogP contribution is 2.11. The lowest BCUT2D eigenvalue weighted by Crippen LogP contribution is -2.13. The van der Waals surface area contributed by atoms with Gasteiger partial charge in [0.25, 0.3) is 0 Å². The summed E-state index contributed by atoms with van der Waals surface area (Å²) < 4.78 is 5.17. The second kappa shape index (κ2) is 8.66. The molecule has 0 amide bonds. The van der Waals surface area contributed by atoms with E-state index >= 15 is 0 Å². The number of aromatic nitrogens is 2. The zero-order valence-corrected chi connectivity index (χ0v) is 11.1. The number of aliphatic hydroxyl groups is 1. The second-order valence-corrected chi connectivity index (χ2v) is 3.70. The van der Waals surface area contributed by atoms with Gasteiger partial charge in [-0.1, -0.05) is 6.92 Å². The van der Waals surface area contributed by atoms with E-state index in [1.165, 1.54) is 0 Å². The number of ether oxygens (including phenoxy) is 1. The van der Waals surface area contributed by atoms with E-state index in [1.807, 2.05) is 19.9 Å². The van der Waals surface area contributed by atoms with Crippen molar-refractivity contribution in [3.05, 3.63) is 11.9 Å².